The molecule has 258 valence electrons. The van der Waals surface area contributed by atoms with E-state index in [0.717, 1.165) is 4.90 Å². The summed E-state index contributed by atoms with van der Waals surface area (Å²) in [6, 6.07) is -0.983. The lowest BCUT2D eigenvalue weighted by Crippen LogP contribution is -2.70. The van der Waals surface area contributed by atoms with Gasteiger partial charge in [0.05, 0.1) is 6.61 Å². The van der Waals surface area contributed by atoms with E-state index in [4.69, 9.17) is 9.47 Å². The van der Waals surface area contributed by atoms with E-state index < -0.39 is 77.9 Å². The van der Waals surface area contributed by atoms with Gasteiger partial charge in [0.1, 0.15) is 17.4 Å². The second-order valence-corrected chi connectivity index (χ2v) is 11.7. The van der Waals surface area contributed by atoms with E-state index in [1.165, 1.54) is 12.2 Å². The molecule has 0 unspecified atom stereocenters. The van der Waals surface area contributed by atoms with Gasteiger partial charge in [-0.2, -0.15) is 57.1 Å². The van der Waals surface area contributed by atoms with Crippen LogP contribution in [0.15, 0.2) is 12.2 Å². The molecule has 0 aromatic rings. The quantitative estimate of drug-likeness (QED) is 0.105. The van der Waals surface area contributed by atoms with Crippen molar-refractivity contribution < 1.29 is 76.1 Å². The molecule has 1 rings (SSSR count). The Hall–Kier alpha value is -2.27. The Morgan fingerprint density at radius 1 is 0.773 bits per heavy atom. The predicted octanol–water partition coefficient (Wildman–Crippen LogP) is 8.95. The summed E-state index contributed by atoms with van der Waals surface area (Å²) in [5.74, 6) is -37.2. The van der Waals surface area contributed by atoms with Crippen LogP contribution < -0.4 is 0 Å². The zero-order valence-electron chi connectivity index (χ0n) is 24.4. The van der Waals surface area contributed by atoms with Gasteiger partial charge in [-0.25, -0.2) is 4.79 Å². The molecule has 0 spiro atoms. The highest BCUT2D eigenvalue weighted by Gasteiger charge is 2.90. The molecule has 0 saturated carbocycles. The zero-order valence-corrected chi connectivity index (χ0v) is 24.4. The third kappa shape index (κ3) is 8.30. The van der Waals surface area contributed by atoms with Crippen LogP contribution in [0.3, 0.4) is 0 Å². The van der Waals surface area contributed by atoms with Crippen molar-refractivity contribution in [1.82, 2.24) is 4.90 Å². The van der Waals surface area contributed by atoms with E-state index in [0.29, 0.717) is 6.42 Å². The van der Waals surface area contributed by atoms with Crippen LogP contribution in [-0.2, 0) is 14.3 Å². The van der Waals surface area contributed by atoms with Crippen LogP contribution in [0.1, 0.15) is 79.6 Å². The van der Waals surface area contributed by atoms with Crippen LogP contribution in [0.4, 0.5) is 61.9 Å². The minimum atomic E-state index is -7.89. The third-order valence-electron chi connectivity index (χ3n) is 6.55. The molecule has 0 aliphatic carbocycles. The van der Waals surface area contributed by atoms with Gasteiger partial charge in [0.25, 0.3) is 0 Å². The topological polar surface area (TPSA) is 55.8 Å². The first-order valence-corrected chi connectivity index (χ1v) is 13.3. The summed E-state index contributed by atoms with van der Waals surface area (Å²) in [7, 11) is 0. The fourth-order valence-corrected chi connectivity index (χ4v) is 4.08. The number of rotatable bonds is 14. The average Bonchev–Trinajstić information content (AvgIpc) is 3.15. The Labute approximate surface area is 245 Å². The molecule has 5 nitrogen and oxygen atoms in total. The molecule has 0 radical (unpaired) electrons. The number of ketones is 1. The normalized spacial score (nSPS) is 19.1. The molecule has 1 aliphatic rings. The predicted molar refractivity (Wildman–Crippen MR) is 129 cm³/mol. The molecule has 0 bridgehead atoms. The summed E-state index contributed by atoms with van der Waals surface area (Å²) < 4.78 is 182. The smallest absolute Gasteiger partial charge is 0.444 e. The summed E-state index contributed by atoms with van der Waals surface area (Å²) in [5.41, 5.74) is -1.98. The molecule has 1 fully saturated rings. The van der Waals surface area contributed by atoms with Gasteiger partial charge in [-0.1, -0.05) is 25.3 Å². The number of halogens is 13. The van der Waals surface area contributed by atoms with Gasteiger partial charge in [-0.3, -0.25) is 9.69 Å². The van der Waals surface area contributed by atoms with Crippen molar-refractivity contribution in [2.75, 3.05) is 6.61 Å². The third-order valence-corrected chi connectivity index (χ3v) is 6.55. The van der Waals surface area contributed by atoms with E-state index in [9.17, 15) is 66.7 Å². The number of hydrogen-bond acceptors (Lipinski definition) is 4. The highest BCUT2D eigenvalue weighted by molar-refractivity contribution is 5.96. The Kier molecular flexibility index (Phi) is 11.9. The van der Waals surface area contributed by atoms with Gasteiger partial charge in [0.2, 0.25) is 0 Å². The van der Waals surface area contributed by atoms with Gasteiger partial charge in [-0.05, 0) is 60.0 Å². The number of amides is 1. The minimum Gasteiger partial charge on any atom is -0.444 e. The maximum Gasteiger partial charge on any atom is 0.460 e. The summed E-state index contributed by atoms with van der Waals surface area (Å²) in [6.07, 6.45) is -8.28. The van der Waals surface area contributed by atoms with Crippen molar-refractivity contribution in [1.29, 1.82) is 0 Å². The van der Waals surface area contributed by atoms with Gasteiger partial charge >= 0.3 is 41.9 Å². The molecular formula is C26H34F13NO4. The van der Waals surface area contributed by atoms with Gasteiger partial charge in [0, 0.05) is 6.42 Å². The van der Waals surface area contributed by atoms with Crippen molar-refractivity contribution in [2.24, 2.45) is 0 Å². The first kappa shape index (κ1) is 39.8. The first-order valence-electron chi connectivity index (χ1n) is 13.3. The molecule has 1 saturated heterocycles. The zero-order chi connectivity index (χ0) is 34.8. The maximum absolute atomic E-state index is 13.8. The highest BCUT2D eigenvalue weighted by atomic mass is 19.4. The molecule has 0 aromatic heterocycles. The Balaban J connectivity index is 2.62. The molecular weight excluding hydrogens is 637 g/mol. The highest BCUT2D eigenvalue weighted by Crippen LogP contribution is 2.60. The minimum absolute atomic E-state index is 0.0270. The Morgan fingerprint density at radius 3 is 1.75 bits per heavy atom. The molecule has 44 heavy (non-hydrogen) atoms. The lowest BCUT2D eigenvalue weighted by molar-refractivity contribution is -0.440. The van der Waals surface area contributed by atoms with Crippen LogP contribution in [0.5, 0.6) is 0 Å². The van der Waals surface area contributed by atoms with Crippen LogP contribution in [0.2, 0.25) is 0 Å². The number of hydrogen-bond donors (Lipinski definition) is 0. The number of unbranched alkanes of at least 4 members (excludes halogenated alkanes) is 5. The van der Waals surface area contributed by atoms with Crippen LogP contribution in [0.25, 0.3) is 0 Å². The second kappa shape index (κ2) is 13.2. The van der Waals surface area contributed by atoms with Crippen molar-refractivity contribution >= 4 is 11.9 Å². The van der Waals surface area contributed by atoms with Crippen molar-refractivity contribution in [3.05, 3.63) is 12.2 Å². The number of carbonyl (C=O) groups excluding carboxylic acids is 2. The number of carbonyl (C=O) groups is 2. The van der Waals surface area contributed by atoms with E-state index in [1.54, 1.807) is 34.6 Å². The van der Waals surface area contributed by atoms with Gasteiger partial charge in [-0.15, -0.1) is 0 Å². The summed E-state index contributed by atoms with van der Waals surface area (Å²) in [6.45, 7) is 7.94. The van der Waals surface area contributed by atoms with Crippen LogP contribution >= 0.6 is 0 Å². The van der Waals surface area contributed by atoms with Crippen molar-refractivity contribution in [3.8, 4) is 0 Å². The molecule has 1 heterocycles. The van der Waals surface area contributed by atoms with Crippen molar-refractivity contribution in [3.63, 3.8) is 0 Å². The number of alkyl halides is 13. The van der Waals surface area contributed by atoms with E-state index in [-0.39, 0.29) is 32.3 Å². The van der Waals surface area contributed by atoms with Gasteiger partial charge in [0.15, 0.2) is 5.78 Å². The Bertz CT molecular complexity index is 1030. The van der Waals surface area contributed by atoms with Gasteiger partial charge < -0.3 is 9.47 Å². The standard InChI is InChI=1S/C26H34F13NO4/c1-19(2,3)44-18(42)40-16(15-43-20(40,4)5)17(41)13-11-9-7-6-8-10-12-14-21(27,28)22(29,30)23(31,32)24(33,34)25(35,36)26(37,38)39/h11,13,16H,6-10,12,14-15H2,1-5H3/b13-11+/t16-/m0/s1. The summed E-state index contributed by atoms with van der Waals surface area (Å²) in [4.78, 5) is 26.4. The molecule has 18 heteroatoms. The molecule has 1 atom stereocenters. The van der Waals surface area contributed by atoms with E-state index >= 15 is 0 Å². The number of ether oxygens (including phenoxy) is 2. The van der Waals surface area contributed by atoms with Crippen molar-refractivity contribution in [2.45, 2.75) is 133 Å². The lowest BCUT2D eigenvalue weighted by Gasteiger charge is -2.39. The van der Waals surface area contributed by atoms with E-state index in [1.807, 2.05) is 0 Å². The number of nitrogens with zero attached hydrogens (tertiary/aromatic N) is 1. The number of allylic oxidation sites excluding steroid dienone is 1. The molecule has 1 aliphatic heterocycles. The molecule has 1 amide bonds. The van der Waals surface area contributed by atoms with Crippen LogP contribution in [-0.4, -0.2) is 76.5 Å². The SMILES string of the molecule is CC(C)(C)OC(=O)N1[C@H](C(=O)/C=C/CCCCCCCC(F)(F)C(F)(F)C(F)(F)C(F)(F)C(F)(F)C(F)(F)F)COC1(C)C. The van der Waals surface area contributed by atoms with Crippen LogP contribution in [0, 0.1) is 0 Å². The second-order valence-electron chi connectivity index (χ2n) is 11.7. The fourth-order valence-electron chi connectivity index (χ4n) is 4.08. The first-order chi connectivity index (χ1) is 19.5. The van der Waals surface area contributed by atoms with E-state index in [2.05, 4.69) is 0 Å². The lowest BCUT2D eigenvalue weighted by atomic mass is 9.91. The molecule has 0 aromatic carbocycles. The monoisotopic (exact) mass is 671 g/mol. The largest absolute Gasteiger partial charge is 0.460 e. The maximum atomic E-state index is 13.8. The molecule has 0 N–H and O–H groups in total. The summed E-state index contributed by atoms with van der Waals surface area (Å²) >= 11 is 0. The summed E-state index contributed by atoms with van der Waals surface area (Å²) in [5, 5.41) is 0. The fraction of sp³-hybridized carbons (Fsp3) is 0.846. The Morgan fingerprint density at radius 2 is 1.25 bits per heavy atom. The average molecular weight is 672 g/mol.